The van der Waals surface area contributed by atoms with Crippen LogP contribution in [-0.2, 0) is 6.54 Å². The topological polar surface area (TPSA) is 69.6 Å². The van der Waals surface area contributed by atoms with Gasteiger partial charge in [0.05, 0.1) is 6.54 Å². The Balaban J connectivity index is 2.39. The third-order valence-electron chi connectivity index (χ3n) is 1.88. The van der Waals surface area contributed by atoms with Crippen molar-refractivity contribution in [2.24, 2.45) is 0 Å². The summed E-state index contributed by atoms with van der Waals surface area (Å²) >= 11 is 0. The van der Waals surface area contributed by atoms with Crippen molar-refractivity contribution >= 4 is 5.69 Å². The molecule has 0 spiro atoms. The Morgan fingerprint density at radius 3 is 2.93 bits per heavy atom. The molecule has 0 unspecified atom stereocenters. The lowest BCUT2D eigenvalue weighted by Crippen LogP contribution is -1.98. The SMILES string of the molecule is CCn1nnc(-c2cccc(N)c2)n1. The van der Waals surface area contributed by atoms with E-state index in [0.717, 1.165) is 12.1 Å². The van der Waals surface area contributed by atoms with E-state index >= 15 is 0 Å². The molecule has 2 N–H and O–H groups in total. The molecule has 2 rings (SSSR count). The second-order valence-corrected chi connectivity index (χ2v) is 2.93. The minimum absolute atomic E-state index is 0.610. The number of benzene rings is 1. The number of rotatable bonds is 2. The van der Waals surface area contributed by atoms with E-state index in [2.05, 4.69) is 15.4 Å². The Morgan fingerprint density at radius 2 is 2.29 bits per heavy atom. The van der Waals surface area contributed by atoms with Gasteiger partial charge in [0.1, 0.15) is 0 Å². The number of nitrogen functional groups attached to an aromatic ring is 1. The van der Waals surface area contributed by atoms with E-state index in [0.29, 0.717) is 11.5 Å². The summed E-state index contributed by atoms with van der Waals surface area (Å²) in [6, 6.07) is 7.44. The highest BCUT2D eigenvalue weighted by atomic mass is 15.6. The molecule has 72 valence electrons. The molecule has 0 aliphatic carbocycles. The van der Waals surface area contributed by atoms with Gasteiger partial charge in [0, 0.05) is 11.3 Å². The monoisotopic (exact) mass is 189 g/mol. The Morgan fingerprint density at radius 1 is 1.43 bits per heavy atom. The van der Waals surface area contributed by atoms with Gasteiger partial charge in [0.15, 0.2) is 0 Å². The summed E-state index contributed by atoms with van der Waals surface area (Å²) in [5.41, 5.74) is 7.25. The number of hydrogen-bond acceptors (Lipinski definition) is 4. The van der Waals surface area contributed by atoms with Gasteiger partial charge in [0.2, 0.25) is 5.82 Å². The first-order valence-electron chi connectivity index (χ1n) is 4.43. The van der Waals surface area contributed by atoms with E-state index in [1.165, 1.54) is 0 Å². The number of aryl methyl sites for hydroxylation is 1. The molecule has 1 aromatic heterocycles. The molecular formula is C9H11N5. The van der Waals surface area contributed by atoms with Gasteiger partial charge >= 0.3 is 0 Å². The first kappa shape index (κ1) is 8.68. The van der Waals surface area contributed by atoms with E-state index in [4.69, 9.17) is 5.73 Å². The molecule has 2 aromatic rings. The van der Waals surface area contributed by atoms with Gasteiger partial charge < -0.3 is 5.73 Å². The molecule has 0 saturated heterocycles. The zero-order valence-corrected chi connectivity index (χ0v) is 7.88. The normalized spacial score (nSPS) is 10.4. The van der Waals surface area contributed by atoms with Gasteiger partial charge in [-0.1, -0.05) is 12.1 Å². The van der Waals surface area contributed by atoms with Crippen LogP contribution in [-0.4, -0.2) is 20.2 Å². The Kier molecular flexibility index (Phi) is 2.14. The zero-order chi connectivity index (χ0) is 9.97. The highest BCUT2D eigenvalue weighted by Crippen LogP contribution is 2.15. The Hall–Kier alpha value is -1.91. The van der Waals surface area contributed by atoms with Crippen LogP contribution in [0, 0.1) is 0 Å². The Labute approximate surface area is 81.5 Å². The maximum absolute atomic E-state index is 5.65. The molecule has 0 amide bonds. The average Bonchev–Trinajstić information content (AvgIpc) is 2.66. The molecule has 1 heterocycles. The lowest BCUT2D eigenvalue weighted by molar-refractivity contribution is 0.553. The van der Waals surface area contributed by atoms with Crippen LogP contribution in [0.15, 0.2) is 24.3 Å². The summed E-state index contributed by atoms with van der Waals surface area (Å²) in [6.07, 6.45) is 0. The maximum Gasteiger partial charge on any atom is 0.204 e. The molecule has 0 atom stereocenters. The van der Waals surface area contributed by atoms with Crippen molar-refractivity contribution in [1.82, 2.24) is 20.2 Å². The largest absolute Gasteiger partial charge is 0.399 e. The fourth-order valence-corrected chi connectivity index (χ4v) is 1.17. The van der Waals surface area contributed by atoms with E-state index in [9.17, 15) is 0 Å². The fraction of sp³-hybridized carbons (Fsp3) is 0.222. The van der Waals surface area contributed by atoms with Gasteiger partial charge in [-0.25, -0.2) is 0 Å². The van der Waals surface area contributed by atoms with Crippen molar-refractivity contribution < 1.29 is 0 Å². The van der Waals surface area contributed by atoms with E-state index < -0.39 is 0 Å². The van der Waals surface area contributed by atoms with Gasteiger partial charge in [-0.15, -0.1) is 10.2 Å². The van der Waals surface area contributed by atoms with Gasteiger partial charge in [-0.3, -0.25) is 0 Å². The van der Waals surface area contributed by atoms with Crippen LogP contribution in [0.2, 0.25) is 0 Å². The first-order chi connectivity index (χ1) is 6.79. The van der Waals surface area contributed by atoms with Crippen LogP contribution in [0.5, 0.6) is 0 Å². The smallest absolute Gasteiger partial charge is 0.204 e. The highest BCUT2D eigenvalue weighted by molar-refractivity contribution is 5.60. The molecule has 5 nitrogen and oxygen atoms in total. The summed E-state index contributed by atoms with van der Waals surface area (Å²) in [5.74, 6) is 0.610. The molecule has 1 aromatic carbocycles. The summed E-state index contributed by atoms with van der Waals surface area (Å²) in [7, 11) is 0. The van der Waals surface area contributed by atoms with Crippen molar-refractivity contribution in [2.75, 3.05) is 5.73 Å². The van der Waals surface area contributed by atoms with E-state index in [1.54, 1.807) is 4.80 Å². The molecular weight excluding hydrogens is 178 g/mol. The van der Waals surface area contributed by atoms with Crippen LogP contribution in [0.1, 0.15) is 6.92 Å². The van der Waals surface area contributed by atoms with E-state index in [1.807, 2.05) is 31.2 Å². The summed E-state index contributed by atoms with van der Waals surface area (Å²) in [6.45, 7) is 2.68. The highest BCUT2D eigenvalue weighted by Gasteiger charge is 2.04. The molecule has 0 aliphatic heterocycles. The van der Waals surface area contributed by atoms with Gasteiger partial charge in [-0.2, -0.15) is 4.80 Å². The van der Waals surface area contributed by atoms with Crippen LogP contribution in [0.4, 0.5) is 5.69 Å². The third-order valence-corrected chi connectivity index (χ3v) is 1.88. The molecule has 0 bridgehead atoms. The van der Waals surface area contributed by atoms with Crippen LogP contribution >= 0.6 is 0 Å². The number of aromatic nitrogens is 4. The van der Waals surface area contributed by atoms with Crippen molar-refractivity contribution in [3.8, 4) is 11.4 Å². The van der Waals surface area contributed by atoms with Gasteiger partial charge in [-0.05, 0) is 24.3 Å². The minimum Gasteiger partial charge on any atom is -0.399 e. The van der Waals surface area contributed by atoms with Gasteiger partial charge in [0.25, 0.3) is 0 Å². The fourth-order valence-electron chi connectivity index (χ4n) is 1.17. The summed E-state index contributed by atoms with van der Waals surface area (Å²) in [4.78, 5) is 1.54. The maximum atomic E-state index is 5.65. The lowest BCUT2D eigenvalue weighted by atomic mass is 10.2. The average molecular weight is 189 g/mol. The van der Waals surface area contributed by atoms with Crippen molar-refractivity contribution in [3.05, 3.63) is 24.3 Å². The number of anilines is 1. The molecule has 5 heteroatoms. The second-order valence-electron chi connectivity index (χ2n) is 2.93. The molecule has 14 heavy (non-hydrogen) atoms. The minimum atomic E-state index is 0.610. The summed E-state index contributed by atoms with van der Waals surface area (Å²) in [5, 5.41) is 12.0. The number of nitrogens with two attached hydrogens (primary N) is 1. The van der Waals surface area contributed by atoms with Crippen LogP contribution < -0.4 is 5.73 Å². The van der Waals surface area contributed by atoms with Crippen LogP contribution in [0.3, 0.4) is 0 Å². The Bertz CT molecular complexity index is 434. The first-order valence-corrected chi connectivity index (χ1v) is 4.43. The van der Waals surface area contributed by atoms with E-state index in [-0.39, 0.29) is 0 Å². The quantitative estimate of drug-likeness (QED) is 0.714. The number of tetrazole rings is 1. The number of hydrogen-bond donors (Lipinski definition) is 1. The summed E-state index contributed by atoms with van der Waals surface area (Å²) < 4.78 is 0. The second kappa shape index (κ2) is 3.45. The standard InChI is InChI=1S/C9H11N5/c1-2-14-12-9(11-13-14)7-4-3-5-8(10)6-7/h3-6H,2,10H2,1H3. The lowest BCUT2D eigenvalue weighted by Gasteiger charge is -1.95. The van der Waals surface area contributed by atoms with Crippen molar-refractivity contribution in [3.63, 3.8) is 0 Å². The van der Waals surface area contributed by atoms with Crippen molar-refractivity contribution in [2.45, 2.75) is 13.5 Å². The molecule has 0 aliphatic rings. The zero-order valence-electron chi connectivity index (χ0n) is 7.88. The molecule has 0 radical (unpaired) electrons. The third kappa shape index (κ3) is 1.56. The predicted molar refractivity (Wildman–Crippen MR) is 53.3 cm³/mol. The number of nitrogens with zero attached hydrogens (tertiary/aromatic N) is 4. The van der Waals surface area contributed by atoms with Crippen molar-refractivity contribution in [1.29, 1.82) is 0 Å². The molecule has 0 fully saturated rings. The molecule has 0 saturated carbocycles. The predicted octanol–water partition coefficient (Wildman–Crippen LogP) is 0.942. The van der Waals surface area contributed by atoms with Crippen LogP contribution in [0.25, 0.3) is 11.4 Å².